The van der Waals surface area contributed by atoms with Gasteiger partial charge in [0, 0.05) is 38.6 Å². The topological polar surface area (TPSA) is 57.4 Å². The van der Waals surface area contributed by atoms with E-state index in [1.54, 1.807) is 0 Å². The average molecular weight is 267 g/mol. The molecule has 1 aliphatic heterocycles. The number of nitrogens with one attached hydrogen (secondary N) is 1. The van der Waals surface area contributed by atoms with Crippen LogP contribution in [0.4, 0.5) is 0 Å². The Labute approximate surface area is 115 Å². The van der Waals surface area contributed by atoms with Crippen molar-refractivity contribution in [1.29, 1.82) is 0 Å². The highest BCUT2D eigenvalue weighted by Crippen LogP contribution is 2.20. The van der Waals surface area contributed by atoms with Gasteiger partial charge in [-0.1, -0.05) is 19.0 Å². The van der Waals surface area contributed by atoms with Gasteiger partial charge in [-0.3, -0.25) is 4.90 Å². The third kappa shape index (κ3) is 3.99. The smallest absolute Gasteiger partial charge is 0.227 e. The molecule has 108 valence electrons. The molecule has 0 radical (unpaired) electrons. The van der Waals surface area contributed by atoms with E-state index in [2.05, 4.69) is 53.2 Å². The van der Waals surface area contributed by atoms with Gasteiger partial charge in [-0.25, -0.2) is 0 Å². The number of nitrogens with zero attached hydrogens (tertiary/aromatic N) is 4. The molecule has 2 heterocycles. The predicted molar refractivity (Wildman–Crippen MR) is 74.0 cm³/mol. The van der Waals surface area contributed by atoms with Gasteiger partial charge in [0.25, 0.3) is 0 Å². The molecule has 0 saturated carbocycles. The molecule has 1 aromatic rings. The maximum Gasteiger partial charge on any atom is 0.227 e. The Morgan fingerprint density at radius 1 is 1.37 bits per heavy atom. The molecule has 6 nitrogen and oxygen atoms in total. The van der Waals surface area contributed by atoms with Crippen LogP contribution in [0.25, 0.3) is 0 Å². The van der Waals surface area contributed by atoms with Crippen molar-refractivity contribution in [3.63, 3.8) is 0 Å². The monoisotopic (exact) mass is 267 g/mol. The van der Waals surface area contributed by atoms with Gasteiger partial charge >= 0.3 is 0 Å². The lowest BCUT2D eigenvalue weighted by Gasteiger charge is -2.35. The van der Waals surface area contributed by atoms with Crippen LogP contribution in [0.1, 0.15) is 31.6 Å². The van der Waals surface area contributed by atoms with Crippen LogP contribution in [0.2, 0.25) is 0 Å². The van der Waals surface area contributed by atoms with Crippen LogP contribution in [0, 0.1) is 0 Å². The molecular weight excluding hydrogens is 242 g/mol. The molecule has 19 heavy (non-hydrogen) atoms. The summed E-state index contributed by atoms with van der Waals surface area (Å²) in [6.45, 7) is 8.23. The summed E-state index contributed by atoms with van der Waals surface area (Å²) in [5, 5.41) is 7.49. The van der Waals surface area contributed by atoms with Crippen molar-refractivity contribution >= 4 is 0 Å². The molecule has 0 aromatic carbocycles. The minimum absolute atomic E-state index is 0.245. The van der Waals surface area contributed by atoms with Crippen molar-refractivity contribution in [3.05, 3.63) is 11.7 Å². The second-order valence-corrected chi connectivity index (χ2v) is 5.66. The molecule has 1 atom stereocenters. The first kappa shape index (κ1) is 14.4. The lowest BCUT2D eigenvalue weighted by atomic mass is 10.2. The molecule has 0 aliphatic carbocycles. The Hall–Kier alpha value is -0.980. The maximum atomic E-state index is 5.34. The standard InChI is InChI=1S/C13H25N5O/c1-10(2)14-6-5-12-15-13(16-19-12)11-9-17(3)7-8-18(11)4/h10-11,14H,5-9H2,1-4H3. The molecule has 1 N–H and O–H groups in total. The lowest BCUT2D eigenvalue weighted by molar-refractivity contribution is 0.108. The van der Waals surface area contributed by atoms with E-state index >= 15 is 0 Å². The Morgan fingerprint density at radius 3 is 2.89 bits per heavy atom. The summed E-state index contributed by atoms with van der Waals surface area (Å²) in [5.74, 6) is 1.54. The van der Waals surface area contributed by atoms with Gasteiger partial charge in [-0.15, -0.1) is 0 Å². The zero-order valence-corrected chi connectivity index (χ0v) is 12.4. The van der Waals surface area contributed by atoms with Crippen molar-refractivity contribution < 1.29 is 4.52 Å². The van der Waals surface area contributed by atoms with Gasteiger partial charge in [0.05, 0.1) is 6.04 Å². The van der Waals surface area contributed by atoms with E-state index in [1.165, 1.54) is 0 Å². The summed E-state index contributed by atoms with van der Waals surface area (Å²) in [6, 6.07) is 0.731. The Balaban J connectivity index is 1.92. The molecule has 0 bridgehead atoms. The molecule has 1 unspecified atom stereocenters. The number of aromatic nitrogens is 2. The SMILES string of the molecule is CC(C)NCCc1nc(C2CN(C)CCN2C)no1. The Bertz CT molecular complexity index is 392. The third-order valence-electron chi connectivity index (χ3n) is 3.52. The van der Waals surface area contributed by atoms with Crippen LogP contribution in [-0.2, 0) is 6.42 Å². The van der Waals surface area contributed by atoms with E-state index < -0.39 is 0 Å². The third-order valence-corrected chi connectivity index (χ3v) is 3.52. The first-order valence-electron chi connectivity index (χ1n) is 7.01. The summed E-state index contributed by atoms with van der Waals surface area (Å²) in [5.41, 5.74) is 0. The fraction of sp³-hybridized carbons (Fsp3) is 0.846. The number of rotatable bonds is 5. The molecule has 1 fully saturated rings. The molecule has 2 rings (SSSR count). The number of hydrogen-bond acceptors (Lipinski definition) is 6. The van der Waals surface area contributed by atoms with Crippen molar-refractivity contribution in [1.82, 2.24) is 25.3 Å². The largest absolute Gasteiger partial charge is 0.339 e. The zero-order chi connectivity index (χ0) is 13.8. The minimum Gasteiger partial charge on any atom is -0.339 e. The van der Waals surface area contributed by atoms with Crippen LogP contribution in [-0.4, -0.2) is 66.3 Å². The highest BCUT2D eigenvalue weighted by Gasteiger charge is 2.27. The summed E-state index contributed by atoms with van der Waals surface area (Å²) < 4.78 is 5.34. The number of piperazine rings is 1. The maximum absolute atomic E-state index is 5.34. The van der Waals surface area contributed by atoms with E-state index in [0.29, 0.717) is 6.04 Å². The first-order valence-corrected chi connectivity index (χ1v) is 7.01. The molecule has 1 aromatic heterocycles. The number of hydrogen-bond donors (Lipinski definition) is 1. The van der Waals surface area contributed by atoms with E-state index in [4.69, 9.17) is 4.52 Å². The second-order valence-electron chi connectivity index (χ2n) is 5.66. The summed E-state index contributed by atoms with van der Waals surface area (Å²) in [4.78, 5) is 9.13. The van der Waals surface area contributed by atoms with Gasteiger partial charge in [-0.05, 0) is 14.1 Å². The van der Waals surface area contributed by atoms with Gasteiger partial charge in [0.1, 0.15) is 0 Å². The first-order chi connectivity index (χ1) is 9.06. The van der Waals surface area contributed by atoms with Crippen molar-refractivity contribution in [3.8, 4) is 0 Å². The fourth-order valence-corrected chi connectivity index (χ4v) is 2.26. The van der Waals surface area contributed by atoms with Crippen LogP contribution in [0.5, 0.6) is 0 Å². The lowest BCUT2D eigenvalue weighted by Crippen LogP contribution is -2.45. The van der Waals surface area contributed by atoms with Gasteiger partial charge in [0.2, 0.25) is 5.89 Å². The molecule has 1 aliphatic rings. The van der Waals surface area contributed by atoms with Crippen molar-refractivity contribution in [2.45, 2.75) is 32.4 Å². The normalized spacial score (nSPS) is 22.3. The van der Waals surface area contributed by atoms with Gasteiger partial charge < -0.3 is 14.7 Å². The van der Waals surface area contributed by atoms with Crippen molar-refractivity contribution in [2.75, 3.05) is 40.3 Å². The average Bonchev–Trinajstić information content (AvgIpc) is 2.80. The summed E-state index contributed by atoms with van der Waals surface area (Å²) in [6.07, 6.45) is 0.789. The van der Waals surface area contributed by atoms with Crippen LogP contribution in [0.15, 0.2) is 4.52 Å². The van der Waals surface area contributed by atoms with Gasteiger partial charge in [0.15, 0.2) is 5.82 Å². The number of likely N-dealkylation sites (N-methyl/N-ethyl adjacent to an activating group) is 2. The van der Waals surface area contributed by atoms with Crippen molar-refractivity contribution in [2.24, 2.45) is 0 Å². The van der Waals surface area contributed by atoms with E-state index in [9.17, 15) is 0 Å². The van der Waals surface area contributed by atoms with Crippen LogP contribution < -0.4 is 5.32 Å². The summed E-state index contributed by atoms with van der Waals surface area (Å²) in [7, 11) is 4.25. The van der Waals surface area contributed by atoms with E-state index in [-0.39, 0.29) is 6.04 Å². The Kier molecular flexibility index (Phi) is 4.90. The quantitative estimate of drug-likeness (QED) is 0.840. The fourth-order valence-electron chi connectivity index (χ4n) is 2.26. The minimum atomic E-state index is 0.245. The van der Waals surface area contributed by atoms with E-state index in [1.807, 2.05) is 0 Å². The molecule has 0 spiro atoms. The highest BCUT2D eigenvalue weighted by molar-refractivity contribution is 4.98. The van der Waals surface area contributed by atoms with E-state index in [0.717, 1.165) is 44.3 Å². The molecule has 6 heteroatoms. The Morgan fingerprint density at radius 2 is 2.16 bits per heavy atom. The summed E-state index contributed by atoms with van der Waals surface area (Å²) >= 11 is 0. The molecular formula is C13H25N5O. The second kappa shape index (κ2) is 6.45. The van der Waals surface area contributed by atoms with Gasteiger partial charge in [-0.2, -0.15) is 4.98 Å². The highest BCUT2D eigenvalue weighted by atomic mass is 16.5. The zero-order valence-electron chi connectivity index (χ0n) is 12.4. The molecule has 0 amide bonds. The van der Waals surface area contributed by atoms with Crippen LogP contribution >= 0.6 is 0 Å². The van der Waals surface area contributed by atoms with Crippen LogP contribution in [0.3, 0.4) is 0 Å². The predicted octanol–water partition coefficient (Wildman–Crippen LogP) is 0.528. The molecule has 1 saturated heterocycles.